The Labute approximate surface area is 89.3 Å². The van der Waals surface area contributed by atoms with E-state index in [0.29, 0.717) is 12.5 Å². The van der Waals surface area contributed by atoms with Gasteiger partial charge in [-0.25, -0.2) is 13.6 Å². The highest BCUT2D eigenvalue weighted by Gasteiger charge is 2.21. The fraction of sp³-hybridized carbons (Fsp3) is 0.182. The number of carboxylic acid groups (broad SMARTS) is 1. The molecule has 3 nitrogen and oxygen atoms in total. The molecule has 1 heterocycles. The Bertz CT molecular complexity index is 572. The third kappa shape index (κ3) is 1.44. The topological polar surface area (TPSA) is 50.4 Å². The van der Waals surface area contributed by atoms with Crippen LogP contribution in [-0.4, -0.2) is 11.1 Å². The minimum atomic E-state index is -1.28. The lowest BCUT2D eigenvalue weighted by molar-refractivity contribution is 0.0663. The van der Waals surface area contributed by atoms with E-state index in [4.69, 9.17) is 9.52 Å². The largest absolute Gasteiger partial charge is 0.475 e. The van der Waals surface area contributed by atoms with E-state index in [-0.39, 0.29) is 22.3 Å². The maximum absolute atomic E-state index is 13.5. The molecule has 0 spiro atoms. The number of aryl methyl sites for hydroxylation is 1. The molecular weight excluding hydrogens is 218 g/mol. The summed E-state index contributed by atoms with van der Waals surface area (Å²) in [7, 11) is 0. The Morgan fingerprint density at radius 3 is 2.69 bits per heavy atom. The van der Waals surface area contributed by atoms with E-state index in [1.54, 1.807) is 6.92 Å². The van der Waals surface area contributed by atoms with E-state index in [1.165, 1.54) is 0 Å². The maximum Gasteiger partial charge on any atom is 0.372 e. The second kappa shape index (κ2) is 3.59. The van der Waals surface area contributed by atoms with E-state index >= 15 is 0 Å². The highest BCUT2D eigenvalue weighted by molar-refractivity contribution is 5.95. The Kier molecular flexibility index (Phi) is 2.38. The molecule has 1 N–H and O–H groups in total. The fourth-order valence-corrected chi connectivity index (χ4v) is 1.72. The summed E-state index contributed by atoms with van der Waals surface area (Å²) in [4.78, 5) is 10.8. The van der Waals surface area contributed by atoms with Gasteiger partial charge in [-0.05, 0) is 6.42 Å². The van der Waals surface area contributed by atoms with Crippen molar-refractivity contribution >= 4 is 16.9 Å². The van der Waals surface area contributed by atoms with Gasteiger partial charge in [-0.15, -0.1) is 0 Å². The van der Waals surface area contributed by atoms with Gasteiger partial charge in [0, 0.05) is 17.7 Å². The Balaban J connectivity index is 2.87. The molecule has 0 radical (unpaired) electrons. The van der Waals surface area contributed by atoms with Crippen molar-refractivity contribution in [2.45, 2.75) is 13.3 Å². The molecule has 1 aromatic heterocycles. The van der Waals surface area contributed by atoms with Crippen LogP contribution in [0.3, 0.4) is 0 Å². The lowest BCUT2D eigenvalue weighted by Crippen LogP contribution is -1.98. The lowest BCUT2D eigenvalue weighted by Gasteiger charge is -1.95. The Hall–Kier alpha value is -1.91. The standard InChI is InChI=1S/C11H8F2O3/c1-2-6-9-7(13)3-5(12)4-8(9)16-10(6)11(14)15/h3-4H,2H2,1H3,(H,14,15). The summed E-state index contributed by atoms with van der Waals surface area (Å²) >= 11 is 0. The molecule has 0 amide bonds. The smallest absolute Gasteiger partial charge is 0.372 e. The number of fused-ring (bicyclic) bond motifs is 1. The zero-order valence-electron chi connectivity index (χ0n) is 8.38. The van der Waals surface area contributed by atoms with Crippen LogP contribution < -0.4 is 0 Å². The molecule has 0 bridgehead atoms. The van der Waals surface area contributed by atoms with Crippen LogP contribution in [0.5, 0.6) is 0 Å². The third-order valence-corrected chi connectivity index (χ3v) is 2.35. The first-order valence-electron chi connectivity index (χ1n) is 4.68. The lowest BCUT2D eigenvalue weighted by atomic mass is 10.1. The van der Waals surface area contributed by atoms with Crippen LogP contribution in [0.2, 0.25) is 0 Å². The number of rotatable bonds is 2. The van der Waals surface area contributed by atoms with Crippen LogP contribution in [0.1, 0.15) is 23.0 Å². The predicted octanol–water partition coefficient (Wildman–Crippen LogP) is 2.97. The number of furan rings is 1. The van der Waals surface area contributed by atoms with Crippen molar-refractivity contribution in [2.24, 2.45) is 0 Å². The van der Waals surface area contributed by atoms with Gasteiger partial charge in [0.25, 0.3) is 0 Å². The van der Waals surface area contributed by atoms with Gasteiger partial charge < -0.3 is 9.52 Å². The van der Waals surface area contributed by atoms with Crippen molar-refractivity contribution in [1.82, 2.24) is 0 Å². The van der Waals surface area contributed by atoms with Crippen molar-refractivity contribution in [2.75, 3.05) is 0 Å². The first-order chi connectivity index (χ1) is 7.54. The normalized spacial score (nSPS) is 10.9. The van der Waals surface area contributed by atoms with Gasteiger partial charge in [0.2, 0.25) is 5.76 Å². The summed E-state index contributed by atoms with van der Waals surface area (Å²) in [5.74, 6) is -3.21. The van der Waals surface area contributed by atoms with Crippen LogP contribution in [0, 0.1) is 11.6 Å². The van der Waals surface area contributed by atoms with E-state index in [1.807, 2.05) is 0 Å². The van der Waals surface area contributed by atoms with Gasteiger partial charge >= 0.3 is 5.97 Å². The molecule has 0 saturated carbocycles. The second-order valence-electron chi connectivity index (χ2n) is 3.33. The predicted molar refractivity (Wildman–Crippen MR) is 52.5 cm³/mol. The van der Waals surface area contributed by atoms with Crippen LogP contribution >= 0.6 is 0 Å². The highest BCUT2D eigenvalue weighted by Crippen LogP contribution is 2.29. The molecule has 84 valence electrons. The molecule has 0 aliphatic rings. The number of carbonyl (C=O) groups is 1. The maximum atomic E-state index is 13.5. The molecule has 0 saturated heterocycles. The molecule has 0 fully saturated rings. The molecule has 2 rings (SSSR count). The summed E-state index contributed by atoms with van der Waals surface area (Å²) in [5.41, 5.74) is 0.173. The summed E-state index contributed by atoms with van der Waals surface area (Å²) in [6, 6.07) is 1.69. The van der Waals surface area contributed by atoms with Crippen LogP contribution in [0.15, 0.2) is 16.5 Å². The number of halogens is 2. The van der Waals surface area contributed by atoms with E-state index in [0.717, 1.165) is 6.07 Å². The van der Waals surface area contributed by atoms with Crippen molar-refractivity contribution in [3.05, 3.63) is 35.1 Å². The van der Waals surface area contributed by atoms with E-state index in [9.17, 15) is 13.6 Å². The number of aromatic carboxylic acids is 1. The molecule has 2 aromatic rings. The highest BCUT2D eigenvalue weighted by atomic mass is 19.1. The van der Waals surface area contributed by atoms with Gasteiger partial charge in [0.1, 0.15) is 17.2 Å². The molecule has 0 aliphatic carbocycles. The minimum Gasteiger partial charge on any atom is -0.475 e. The molecule has 0 unspecified atom stereocenters. The number of hydrogen-bond donors (Lipinski definition) is 1. The number of hydrogen-bond acceptors (Lipinski definition) is 2. The van der Waals surface area contributed by atoms with Crippen molar-refractivity contribution in [1.29, 1.82) is 0 Å². The quantitative estimate of drug-likeness (QED) is 0.856. The molecular formula is C11H8F2O3. The average Bonchev–Trinajstić information content (AvgIpc) is 2.56. The SMILES string of the molecule is CCc1c(C(=O)O)oc2cc(F)cc(F)c12. The van der Waals surface area contributed by atoms with Gasteiger partial charge in [0.15, 0.2) is 0 Å². The fourth-order valence-electron chi connectivity index (χ4n) is 1.72. The van der Waals surface area contributed by atoms with Crippen LogP contribution in [0.4, 0.5) is 8.78 Å². The zero-order chi connectivity index (χ0) is 11.9. The molecule has 0 atom stereocenters. The summed E-state index contributed by atoms with van der Waals surface area (Å²) in [5, 5.41) is 8.89. The molecule has 0 aliphatic heterocycles. The van der Waals surface area contributed by atoms with Crippen LogP contribution in [-0.2, 0) is 6.42 Å². The number of carboxylic acids is 1. The minimum absolute atomic E-state index is 0.0429. The first-order valence-corrected chi connectivity index (χ1v) is 4.68. The van der Waals surface area contributed by atoms with Gasteiger partial charge in [-0.3, -0.25) is 0 Å². The molecule has 1 aromatic carbocycles. The zero-order valence-corrected chi connectivity index (χ0v) is 8.38. The number of benzene rings is 1. The summed E-state index contributed by atoms with van der Waals surface area (Å²) in [6.45, 7) is 1.68. The third-order valence-electron chi connectivity index (χ3n) is 2.35. The van der Waals surface area contributed by atoms with Gasteiger partial charge in [-0.2, -0.15) is 0 Å². The Morgan fingerprint density at radius 1 is 1.44 bits per heavy atom. The van der Waals surface area contributed by atoms with E-state index < -0.39 is 17.6 Å². The summed E-state index contributed by atoms with van der Waals surface area (Å²) < 4.78 is 31.3. The van der Waals surface area contributed by atoms with Crippen molar-refractivity contribution in [3.8, 4) is 0 Å². The monoisotopic (exact) mass is 226 g/mol. The Morgan fingerprint density at radius 2 is 2.12 bits per heavy atom. The summed E-state index contributed by atoms with van der Waals surface area (Å²) in [6.07, 6.45) is 0.303. The first kappa shape index (κ1) is 10.6. The van der Waals surface area contributed by atoms with Crippen LogP contribution in [0.25, 0.3) is 11.0 Å². The van der Waals surface area contributed by atoms with Gasteiger partial charge in [0.05, 0.1) is 5.39 Å². The molecule has 5 heteroatoms. The molecule has 16 heavy (non-hydrogen) atoms. The van der Waals surface area contributed by atoms with E-state index in [2.05, 4.69) is 0 Å². The van der Waals surface area contributed by atoms with Gasteiger partial charge in [-0.1, -0.05) is 6.92 Å². The second-order valence-corrected chi connectivity index (χ2v) is 3.33. The average molecular weight is 226 g/mol. The van der Waals surface area contributed by atoms with Crippen molar-refractivity contribution < 1.29 is 23.1 Å². The van der Waals surface area contributed by atoms with Crippen molar-refractivity contribution in [3.63, 3.8) is 0 Å².